The number of aliphatic imine (C=N–C) groups is 1. The van der Waals surface area contributed by atoms with Crippen molar-refractivity contribution in [2.45, 2.75) is 70.4 Å². The lowest BCUT2D eigenvalue weighted by atomic mass is 10.0. The molecule has 3 rings (SSSR count). The van der Waals surface area contributed by atoms with E-state index >= 15 is 0 Å². The van der Waals surface area contributed by atoms with Crippen LogP contribution in [-0.4, -0.2) is 40.4 Å². The molecule has 24 heavy (non-hydrogen) atoms. The van der Waals surface area contributed by atoms with E-state index in [9.17, 15) is 0 Å². The van der Waals surface area contributed by atoms with Gasteiger partial charge in [-0.15, -0.1) is 24.0 Å². The van der Waals surface area contributed by atoms with E-state index < -0.39 is 0 Å². The van der Waals surface area contributed by atoms with Crippen LogP contribution in [0.4, 0.5) is 0 Å². The topological polar surface area (TPSA) is 67.1 Å². The zero-order valence-corrected chi connectivity index (χ0v) is 17.0. The lowest BCUT2D eigenvalue weighted by Gasteiger charge is -2.25. The summed E-state index contributed by atoms with van der Waals surface area (Å²) in [6.45, 7) is 1.88. The second kappa shape index (κ2) is 10.2. The SMILES string of the molecule is CN=C(NCCCCC1CCCC1)NC1CCc2ncnn2C1.I. The molecule has 1 saturated carbocycles. The van der Waals surface area contributed by atoms with Gasteiger partial charge >= 0.3 is 0 Å². The lowest BCUT2D eigenvalue weighted by Crippen LogP contribution is -2.47. The van der Waals surface area contributed by atoms with Crippen LogP contribution in [0.1, 0.15) is 57.2 Å². The molecule has 6 nitrogen and oxygen atoms in total. The van der Waals surface area contributed by atoms with E-state index in [1.54, 1.807) is 6.33 Å². The first-order chi connectivity index (χ1) is 11.3. The molecule has 2 heterocycles. The minimum Gasteiger partial charge on any atom is -0.356 e. The Morgan fingerprint density at radius 3 is 2.92 bits per heavy atom. The minimum atomic E-state index is 0. The van der Waals surface area contributed by atoms with Gasteiger partial charge in [-0.25, -0.2) is 9.67 Å². The summed E-state index contributed by atoms with van der Waals surface area (Å²) in [5.74, 6) is 3.02. The second-order valence-electron chi connectivity index (χ2n) is 6.88. The summed E-state index contributed by atoms with van der Waals surface area (Å²) >= 11 is 0. The Bertz CT molecular complexity index is 509. The van der Waals surface area contributed by atoms with Crippen LogP contribution in [0, 0.1) is 5.92 Å². The first-order valence-corrected chi connectivity index (χ1v) is 9.19. The van der Waals surface area contributed by atoms with Gasteiger partial charge < -0.3 is 10.6 Å². The van der Waals surface area contributed by atoms with Crippen LogP contribution >= 0.6 is 24.0 Å². The van der Waals surface area contributed by atoms with Crippen LogP contribution < -0.4 is 10.6 Å². The normalized spacial score (nSPS) is 21.2. The molecular formula is C17H31IN6. The number of unbranched alkanes of at least 4 members (excludes halogenated alkanes) is 1. The summed E-state index contributed by atoms with van der Waals surface area (Å²) in [5, 5.41) is 11.2. The van der Waals surface area contributed by atoms with E-state index in [4.69, 9.17) is 0 Å². The molecular weight excluding hydrogens is 415 g/mol. The Morgan fingerprint density at radius 2 is 2.12 bits per heavy atom. The van der Waals surface area contributed by atoms with Gasteiger partial charge in [0.05, 0.1) is 6.54 Å². The molecule has 1 aliphatic heterocycles. The predicted molar refractivity (Wildman–Crippen MR) is 108 cm³/mol. The fourth-order valence-electron chi connectivity index (χ4n) is 3.81. The van der Waals surface area contributed by atoms with Crippen molar-refractivity contribution in [3.05, 3.63) is 12.2 Å². The van der Waals surface area contributed by atoms with Gasteiger partial charge in [-0.05, 0) is 18.8 Å². The highest BCUT2D eigenvalue weighted by molar-refractivity contribution is 14.0. The molecule has 2 N–H and O–H groups in total. The number of hydrogen-bond acceptors (Lipinski definition) is 3. The number of aryl methyl sites for hydroxylation is 1. The van der Waals surface area contributed by atoms with Crippen molar-refractivity contribution in [2.75, 3.05) is 13.6 Å². The molecule has 0 spiro atoms. The number of nitrogens with zero attached hydrogens (tertiary/aromatic N) is 4. The minimum absolute atomic E-state index is 0. The van der Waals surface area contributed by atoms with E-state index in [0.29, 0.717) is 6.04 Å². The number of hydrogen-bond donors (Lipinski definition) is 2. The van der Waals surface area contributed by atoms with Crippen molar-refractivity contribution in [3.8, 4) is 0 Å². The van der Waals surface area contributed by atoms with Gasteiger partial charge in [0.2, 0.25) is 0 Å². The van der Waals surface area contributed by atoms with Crippen molar-refractivity contribution in [3.63, 3.8) is 0 Å². The highest BCUT2D eigenvalue weighted by Gasteiger charge is 2.20. The van der Waals surface area contributed by atoms with Gasteiger partial charge in [-0.2, -0.15) is 5.10 Å². The maximum atomic E-state index is 4.35. The van der Waals surface area contributed by atoms with Gasteiger partial charge in [-0.1, -0.05) is 38.5 Å². The molecule has 1 aromatic heterocycles. The van der Waals surface area contributed by atoms with Crippen LogP contribution in [0.3, 0.4) is 0 Å². The Hall–Kier alpha value is -0.860. The molecule has 1 aromatic rings. The standard InChI is InChI=1S/C17H30N6.HI/c1-18-17(19-11-5-4-8-14-6-2-3-7-14)22-15-9-10-16-20-13-21-23(16)12-15;/h13-15H,2-12H2,1H3,(H2,18,19,22);1H. The monoisotopic (exact) mass is 446 g/mol. The second-order valence-corrected chi connectivity index (χ2v) is 6.88. The highest BCUT2D eigenvalue weighted by atomic mass is 127. The third-order valence-corrected chi connectivity index (χ3v) is 5.18. The van der Waals surface area contributed by atoms with Crippen molar-refractivity contribution < 1.29 is 0 Å². The fraction of sp³-hybridized carbons (Fsp3) is 0.824. The highest BCUT2D eigenvalue weighted by Crippen LogP contribution is 2.28. The van der Waals surface area contributed by atoms with Gasteiger partial charge in [0.1, 0.15) is 12.2 Å². The summed E-state index contributed by atoms with van der Waals surface area (Å²) in [4.78, 5) is 8.62. The Labute approximate surface area is 162 Å². The van der Waals surface area contributed by atoms with Crippen LogP contribution in [0.5, 0.6) is 0 Å². The predicted octanol–water partition coefficient (Wildman–Crippen LogP) is 2.74. The maximum Gasteiger partial charge on any atom is 0.191 e. The van der Waals surface area contributed by atoms with E-state index in [0.717, 1.165) is 43.6 Å². The summed E-state index contributed by atoms with van der Waals surface area (Å²) in [5.41, 5.74) is 0. The van der Waals surface area contributed by atoms with Gasteiger partial charge in [-0.3, -0.25) is 4.99 Å². The van der Waals surface area contributed by atoms with Gasteiger partial charge in [0, 0.05) is 26.1 Å². The first-order valence-electron chi connectivity index (χ1n) is 9.19. The number of guanidine groups is 1. The number of rotatable bonds is 6. The molecule has 7 heteroatoms. The van der Waals surface area contributed by atoms with Crippen molar-refractivity contribution in [2.24, 2.45) is 10.9 Å². The molecule has 1 unspecified atom stereocenters. The summed E-state index contributed by atoms with van der Waals surface area (Å²) in [6.07, 6.45) is 13.5. The molecule has 0 bridgehead atoms. The van der Waals surface area contributed by atoms with Gasteiger partial charge in [0.25, 0.3) is 0 Å². The Morgan fingerprint density at radius 1 is 1.29 bits per heavy atom. The summed E-state index contributed by atoms with van der Waals surface area (Å²) in [7, 11) is 1.84. The van der Waals surface area contributed by atoms with Crippen molar-refractivity contribution in [1.82, 2.24) is 25.4 Å². The molecule has 0 saturated heterocycles. The smallest absolute Gasteiger partial charge is 0.191 e. The molecule has 1 fully saturated rings. The van der Waals surface area contributed by atoms with Crippen LogP contribution in [0.15, 0.2) is 11.3 Å². The zero-order valence-electron chi connectivity index (χ0n) is 14.7. The average Bonchev–Trinajstić information content (AvgIpc) is 3.24. The lowest BCUT2D eigenvalue weighted by molar-refractivity contribution is 0.392. The number of fused-ring (bicyclic) bond motifs is 1. The first kappa shape index (κ1) is 19.5. The van der Waals surface area contributed by atoms with Gasteiger partial charge in [0.15, 0.2) is 5.96 Å². The third kappa shape index (κ3) is 5.60. The molecule has 1 aliphatic carbocycles. The van der Waals surface area contributed by atoms with Crippen LogP contribution in [0.2, 0.25) is 0 Å². The maximum absolute atomic E-state index is 4.35. The number of aromatic nitrogens is 3. The number of halogens is 1. The van der Waals surface area contributed by atoms with E-state index in [2.05, 4.69) is 25.7 Å². The van der Waals surface area contributed by atoms with E-state index in [1.807, 2.05) is 11.7 Å². The van der Waals surface area contributed by atoms with Crippen molar-refractivity contribution >= 4 is 29.9 Å². The summed E-state index contributed by atoms with van der Waals surface area (Å²) < 4.78 is 2.00. The van der Waals surface area contributed by atoms with E-state index in [1.165, 1.54) is 44.9 Å². The molecule has 1 atom stereocenters. The van der Waals surface area contributed by atoms with Crippen LogP contribution in [-0.2, 0) is 13.0 Å². The average molecular weight is 446 g/mol. The number of nitrogens with one attached hydrogen (secondary N) is 2. The van der Waals surface area contributed by atoms with E-state index in [-0.39, 0.29) is 24.0 Å². The summed E-state index contributed by atoms with van der Waals surface area (Å²) in [6, 6.07) is 0.383. The van der Waals surface area contributed by atoms with Crippen molar-refractivity contribution in [1.29, 1.82) is 0 Å². The Kier molecular flexibility index (Phi) is 8.28. The zero-order chi connectivity index (χ0) is 15.9. The molecule has 2 aliphatic rings. The molecule has 0 aromatic carbocycles. The fourth-order valence-corrected chi connectivity index (χ4v) is 3.81. The largest absolute Gasteiger partial charge is 0.356 e. The third-order valence-electron chi connectivity index (χ3n) is 5.18. The van der Waals surface area contributed by atoms with Crippen LogP contribution in [0.25, 0.3) is 0 Å². The molecule has 136 valence electrons. The quantitative estimate of drug-likeness (QED) is 0.305. The molecule has 0 amide bonds. The Balaban J connectivity index is 0.00000208. The molecule has 0 radical (unpaired) electrons.